The van der Waals surface area contributed by atoms with Gasteiger partial charge in [-0.3, -0.25) is 9.59 Å². The maximum Gasteiger partial charge on any atom is 0.324 e. The van der Waals surface area contributed by atoms with Gasteiger partial charge in [-0.15, -0.1) is 0 Å². The third-order valence-electron chi connectivity index (χ3n) is 4.92. The molecule has 0 amide bonds. The molecule has 0 saturated carbocycles. The fourth-order valence-corrected chi connectivity index (χ4v) is 3.41. The summed E-state index contributed by atoms with van der Waals surface area (Å²) in [5.74, 6) is -5.14. The Morgan fingerprint density at radius 1 is 1.22 bits per heavy atom. The van der Waals surface area contributed by atoms with Gasteiger partial charge in [-0.1, -0.05) is 12.1 Å². The van der Waals surface area contributed by atoms with Gasteiger partial charge in [-0.05, 0) is 17.7 Å². The first-order valence-electron chi connectivity index (χ1n) is 8.53. The lowest BCUT2D eigenvalue weighted by atomic mass is 9.84. The van der Waals surface area contributed by atoms with Crippen molar-refractivity contribution in [1.82, 2.24) is 4.57 Å². The van der Waals surface area contributed by atoms with Crippen LogP contribution in [0.1, 0.15) is 42.5 Å². The number of aromatic hydroxyl groups is 1. The summed E-state index contributed by atoms with van der Waals surface area (Å²) in [6.07, 6.45) is 0. The molecule has 2 aromatic rings. The van der Waals surface area contributed by atoms with Crippen molar-refractivity contribution in [2.24, 2.45) is 13.0 Å². The lowest BCUT2D eigenvalue weighted by molar-refractivity contribution is -0.621. The van der Waals surface area contributed by atoms with Crippen LogP contribution in [0.3, 0.4) is 0 Å². The maximum absolute atomic E-state index is 12.8. The minimum Gasteiger partial charge on any atom is -0.711 e. The molecule has 1 atom stereocenters. The van der Waals surface area contributed by atoms with Gasteiger partial charge in [0.2, 0.25) is 0 Å². The molecule has 0 spiro atoms. The Hall–Kier alpha value is -3.03. The van der Waals surface area contributed by atoms with Gasteiger partial charge in [0.05, 0.1) is 7.05 Å². The number of phenols is 1. The van der Waals surface area contributed by atoms with E-state index in [2.05, 4.69) is 0 Å². The number of carbonyl (C=O) groups is 2. The van der Waals surface area contributed by atoms with E-state index in [1.807, 2.05) is 0 Å². The number of ether oxygens (including phenoxy) is 2. The fraction of sp³-hybridized carbons (Fsp3) is 0.421. The van der Waals surface area contributed by atoms with Crippen molar-refractivity contribution < 1.29 is 28.9 Å². The zero-order chi connectivity index (χ0) is 20.1. The summed E-state index contributed by atoms with van der Waals surface area (Å²) < 4.78 is 12.9. The molecular weight excluding hydrogens is 352 g/mol. The third kappa shape index (κ3) is 3.11. The van der Waals surface area contributed by atoms with E-state index < -0.39 is 29.6 Å². The molecule has 1 fully saturated rings. The lowest BCUT2D eigenvalue weighted by Gasteiger charge is -2.35. The van der Waals surface area contributed by atoms with E-state index in [0.29, 0.717) is 21.7 Å². The minimum absolute atomic E-state index is 0.0459. The predicted octanol–water partition coefficient (Wildman–Crippen LogP) is 1.57. The number of benzene rings is 1. The molecule has 27 heavy (non-hydrogen) atoms. The first kappa shape index (κ1) is 18.8. The average molecular weight is 374 g/mol. The molecule has 1 aliphatic heterocycles. The van der Waals surface area contributed by atoms with Crippen LogP contribution >= 0.6 is 0 Å². The Balaban J connectivity index is 2.23. The highest BCUT2D eigenvalue weighted by Crippen LogP contribution is 2.38. The smallest absolute Gasteiger partial charge is 0.324 e. The van der Waals surface area contributed by atoms with Crippen molar-refractivity contribution >= 4 is 11.9 Å². The van der Waals surface area contributed by atoms with Crippen LogP contribution in [0.4, 0.5) is 0 Å². The fourth-order valence-electron chi connectivity index (χ4n) is 3.41. The van der Waals surface area contributed by atoms with Crippen LogP contribution in [0.2, 0.25) is 0 Å². The van der Waals surface area contributed by atoms with Crippen LogP contribution in [0.5, 0.6) is 5.75 Å². The number of imidazole rings is 1. The number of phenolic OH excluding ortho intramolecular Hbond substituents is 1. The first-order valence-corrected chi connectivity index (χ1v) is 8.53. The first-order chi connectivity index (χ1) is 12.5. The summed E-state index contributed by atoms with van der Waals surface area (Å²) in [7, 11) is 1.69. The highest BCUT2D eigenvalue weighted by Gasteiger charge is 2.51. The summed E-state index contributed by atoms with van der Waals surface area (Å²) in [6.45, 7) is 6.36. The zero-order valence-electron chi connectivity index (χ0n) is 15.8. The summed E-state index contributed by atoms with van der Waals surface area (Å²) in [4.78, 5) is 25.4. The van der Waals surface area contributed by atoms with Crippen LogP contribution in [-0.2, 0) is 26.1 Å². The van der Waals surface area contributed by atoms with E-state index >= 15 is 0 Å². The second-order valence-electron chi connectivity index (χ2n) is 7.17. The molecule has 0 radical (unpaired) electrons. The topological polar surface area (TPSA) is 105 Å². The molecule has 0 unspecified atom stereocenters. The maximum atomic E-state index is 12.8. The van der Waals surface area contributed by atoms with Crippen molar-refractivity contribution in [3.8, 4) is 5.75 Å². The summed E-state index contributed by atoms with van der Waals surface area (Å²) in [5, 5.41) is 22.7. The normalized spacial score (nSPS) is 18.1. The highest BCUT2D eigenvalue weighted by molar-refractivity contribution is 5.98. The number of carbonyl (C=O) groups excluding carboxylic acids is 2. The van der Waals surface area contributed by atoms with E-state index in [1.165, 1.54) is 26.0 Å². The Bertz CT molecular complexity index is 885. The molecule has 0 aliphatic carbocycles. The monoisotopic (exact) mass is 374 g/mol. The number of hydrogen-bond acceptors (Lipinski definition) is 6. The van der Waals surface area contributed by atoms with E-state index in [0.717, 1.165) is 0 Å². The molecule has 8 heteroatoms. The second-order valence-corrected chi connectivity index (χ2v) is 7.17. The zero-order valence-corrected chi connectivity index (χ0v) is 15.8. The van der Waals surface area contributed by atoms with Gasteiger partial charge in [-0.25, -0.2) is 9.30 Å². The molecule has 0 bridgehead atoms. The molecule has 1 aliphatic rings. The number of esters is 2. The molecule has 1 aromatic heterocycles. The molecule has 2 heterocycles. The van der Waals surface area contributed by atoms with E-state index in [9.17, 15) is 19.9 Å². The van der Waals surface area contributed by atoms with Gasteiger partial charge < -0.3 is 19.8 Å². The Morgan fingerprint density at radius 3 is 2.30 bits per heavy atom. The Kier molecular flexibility index (Phi) is 4.37. The largest absolute Gasteiger partial charge is 0.711 e. The van der Waals surface area contributed by atoms with Crippen LogP contribution in [0.15, 0.2) is 24.3 Å². The van der Waals surface area contributed by atoms with Gasteiger partial charge in [-0.2, -0.15) is 0 Å². The van der Waals surface area contributed by atoms with Crippen molar-refractivity contribution in [3.63, 3.8) is 0 Å². The van der Waals surface area contributed by atoms with Crippen LogP contribution in [0.25, 0.3) is 0 Å². The molecular formula is C19H22N2O6. The molecule has 1 saturated heterocycles. The standard InChI is InChI=1S/C19H22N2O6/c1-10-11(2)21(25)16(20(10)5)14(12-7-6-8-13(22)9-12)15-17(23)26-19(3,4)27-18(15)24/h6-9,14-15,22H,1-5H3/t14-/m1/s1. The number of aromatic nitrogens is 2. The molecule has 144 valence electrons. The van der Waals surface area contributed by atoms with Crippen LogP contribution in [0, 0.1) is 25.0 Å². The van der Waals surface area contributed by atoms with Crippen molar-refractivity contribution in [3.05, 3.63) is 52.2 Å². The molecule has 3 rings (SSSR count). The van der Waals surface area contributed by atoms with Gasteiger partial charge in [0.1, 0.15) is 23.1 Å². The quantitative estimate of drug-likeness (QED) is 0.378. The SMILES string of the molecule is Cc1c(C)[n+]([O-])c([C@H](c2cccc(O)c2)C2C(=O)OC(C)(C)OC2=O)n1C. The van der Waals surface area contributed by atoms with Gasteiger partial charge in [0.15, 0.2) is 5.92 Å². The number of hydrogen-bond donors (Lipinski definition) is 1. The highest BCUT2D eigenvalue weighted by atomic mass is 16.7. The summed E-state index contributed by atoms with van der Waals surface area (Å²) in [5.41, 5.74) is 1.58. The van der Waals surface area contributed by atoms with E-state index in [4.69, 9.17) is 9.47 Å². The second kappa shape index (κ2) is 6.29. The van der Waals surface area contributed by atoms with E-state index in [1.54, 1.807) is 37.6 Å². The number of cyclic esters (lactones) is 2. The van der Waals surface area contributed by atoms with E-state index in [-0.39, 0.29) is 11.6 Å². The predicted molar refractivity (Wildman–Crippen MR) is 93.5 cm³/mol. The Morgan fingerprint density at radius 2 is 1.81 bits per heavy atom. The van der Waals surface area contributed by atoms with Crippen molar-refractivity contribution in [2.45, 2.75) is 39.4 Å². The van der Waals surface area contributed by atoms with Crippen molar-refractivity contribution in [2.75, 3.05) is 0 Å². The molecule has 8 nitrogen and oxygen atoms in total. The molecule has 1 aromatic carbocycles. The number of rotatable bonds is 3. The number of nitrogens with zero attached hydrogens (tertiary/aromatic N) is 2. The lowest BCUT2D eigenvalue weighted by Crippen LogP contribution is -2.50. The Labute approximate surface area is 156 Å². The average Bonchev–Trinajstić information content (AvgIpc) is 2.74. The van der Waals surface area contributed by atoms with Gasteiger partial charge in [0.25, 0.3) is 11.6 Å². The minimum atomic E-state index is -1.37. The third-order valence-corrected chi connectivity index (χ3v) is 4.92. The molecule has 1 N–H and O–H groups in total. The van der Waals surface area contributed by atoms with Gasteiger partial charge >= 0.3 is 11.9 Å². The summed E-state index contributed by atoms with van der Waals surface area (Å²) >= 11 is 0. The van der Waals surface area contributed by atoms with Gasteiger partial charge in [0, 0.05) is 27.7 Å². The van der Waals surface area contributed by atoms with Crippen molar-refractivity contribution in [1.29, 1.82) is 0 Å². The van der Waals surface area contributed by atoms with Crippen LogP contribution in [-0.4, -0.2) is 27.4 Å². The van der Waals surface area contributed by atoms with Crippen LogP contribution < -0.4 is 4.73 Å². The summed E-state index contributed by atoms with van der Waals surface area (Å²) in [6, 6.07) is 6.11.